The normalized spacial score (nSPS) is 13.8. The van der Waals surface area contributed by atoms with Crippen LogP contribution in [0.5, 0.6) is 0 Å². The van der Waals surface area contributed by atoms with Crippen LogP contribution in [-0.4, -0.2) is 30.0 Å². The number of thioether (sulfide) groups is 1. The van der Waals surface area contributed by atoms with Crippen molar-refractivity contribution in [2.24, 2.45) is 5.73 Å². The SMILES string of the molecule is CSCC[C@H](N)C(=O)NC(C)Cc1ccc(C(F)(F)F)cc1.Cl. The molecule has 0 aromatic heterocycles. The van der Waals surface area contributed by atoms with Crippen molar-refractivity contribution in [1.29, 1.82) is 0 Å². The van der Waals surface area contributed by atoms with E-state index in [1.807, 2.05) is 6.26 Å². The summed E-state index contributed by atoms with van der Waals surface area (Å²) in [5, 5.41) is 2.79. The molecule has 1 unspecified atom stereocenters. The average molecular weight is 371 g/mol. The lowest BCUT2D eigenvalue weighted by atomic mass is 10.0. The van der Waals surface area contributed by atoms with E-state index in [-0.39, 0.29) is 24.4 Å². The number of hydrogen-bond acceptors (Lipinski definition) is 3. The largest absolute Gasteiger partial charge is 0.416 e. The van der Waals surface area contributed by atoms with Crippen molar-refractivity contribution in [3.63, 3.8) is 0 Å². The van der Waals surface area contributed by atoms with Gasteiger partial charge in [0.25, 0.3) is 0 Å². The third kappa shape index (κ3) is 7.94. The van der Waals surface area contributed by atoms with Crippen LogP contribution in [0.15, 0.2) is 24.3 Å². The number of amides is 1. The highest BCUT2D eigenvalue weighted by atomic mass is 35.5. The van der Waals surface area contributed by atoms with E-state index in [0.717, 1.165) is 23.4 Å². The van der Waals surface area contributed by atoms with Crippen LogP contribution in [-0.2, 0) is 17.4 Å². The number of carbonyl (C=O) groups excluding carboxylic acids is 1. The van der Waals surface area contributed by atoms with Gasteiger partial charge in [0.1, 0.15) is 0 Å². The zero-order valence-corrected chi connectivity index (χ0v) is 14.7. The van der Waals surface area contributed by atoms with Crippen LogP contribution in [0.2, 0.25) is 0 Å². The van der Waals surface area contributed by atoms with Crippen molar-refractivity contribution in [1.82, 2.24) is 5.32 Å². The molecule has 1 amide bonds. The minimum absolute atomic E-state index is 0. The Bertz CT molecular complexity index is 483. The van der Waals surface area contributed by atoms with Crippen LogP contribution < -0.4 is 11.1 Å². The van der Waals surface area contributed by atoms with Gasteiger partial charge in [-0.05, 0) is 49.5 Å². The molecule has 23 heavy (non-hydrogen) atoms. The molecule has 1 rings (SSSR count). The quantitative estimate of drug-likeness (QED) is 0.774. The lowest BCUT2D eigenvalue weighted by Crippen LogP contribution is -2.45. The maximum Gasteiger partial charge on any atom is 0.416 e. The van der Waals surface area contributed by atoms with Crippen LogP contribution in [0.4, 0.5) is 13.2 Å². The van der Waals surface area contributed by atoms with E-state index in [9.17, 15) is 18.0 Å². The first-order valence-corrected chi connectivity index (χ1v) is 8.34. The maximum atomic E-state index is 12.5. The molecular weight excluding hydrogens is 349 g/mol. The summed E-state index contributed by atoms with van der Waals surface area (Å²) in [6.07, 6.45) is -1.33. The average Bonchev–Trinajstić information content (AvgIpc) is 2.44. The van der Waals surface area contributed by atoms with Crippen molar-refractivity contribution in [3.05, 3.63) is 35.4 Å². The highest BCUT2D eigenvalue weighted by Crippen LogP contribution is 2.29. The molecule has 0 aliphatic carbocycles. The van der Waals surface area contributed by atoms with Gasteiger partial charge >= 0.3 is 6.18 Å². The monoisotopic (exact) mass is 370 g/mol. The molecule has 0 aliphatic heterocycles. The van der Waals surface area contributed by atoms with E-state index in [1.165, 1.54) is 12.1 Å². The first-order chi connectivity index (χ1) is 10.2. The van der Waals surface area contributed by atoms with Crippen molar-refractivity contribution in [2.45, 2.75) is 38.0 Å². The summed E-state index contributed by atoms with van der Waals surface area (Å²) in [5.41, 5.74) is 5.82. The predicted molar refractivity (Wildman–Crippen MR) is 91.0 cm³/mol. The van der Waals surface area contributed by atoms with Gasteiger partial charge in [-0.3, -0.25) is 4.79 Å². The fourth-order valence-corrected chi connectivity index (χ4v) is 2.45. The molecule has 0 bridgehead atoms. The van der Waals surface area contributed by atoms with Crippen molar-refractivity contribution in [2.75, 3.05) is 12.0 Å². The summed E-state index contributed by atoms with van der Waals surface area (Å²) in [5.74, 6) is 0.579. The fraction of sp³-hybridized carbons (Fsp3) is 0.533. The van der Waals surface area contributed by atoms with Crippen LogP contribution in [0, 0.1) is 0 Å². The van der Waals surface area contributed by atoms with Crippen molar-refractivity contribution in [3.8, 4) is 0 Å². The van der Waals surface area contributed by atoms with E-state index in [2.05, 4.69) is 5.32 Å². The minimum atomic E-state index is -4.33. The molecule has 8 heteroatoms. The maximum absolute atomic E-state index is 12.5. The Balaban J connectivity index is 0.00000484. The Morgan fingerprint density at radius 1 is 1.30 bits per heavy atom. The molecule has 1 aromatic rings. The number of benzene rings is 1. The van der Waals surface area contributed by atoms with Gasteiger partial charge in [-0.25, -0.2) is 0 Å². The highest BCUT2D eigenvalue weighted by Gasteiger charge is 2.29. The second-order valence-corrected chi connectivity index (χ2v) is 6.18. The van der Waals surface area contributed by atoms with Crippen LogP contribution in [0.25, 0.3) is 0 Å². The molecule has 0 aliphatic rings. The van der Waals surface area contributed by atoms with Gasteiger partial charge in [-0.15, -0.1) is 12.4 Å². The van der Waals surface area contributed by atoms with Gasteiger partial charge in [-0.2, -0.15) is 24.9 Å². The molecule has 0 radical (unpaired) electrons. The zero-order valence-electron chi connectivity index (χ0n) is 13.0. The highest BCUT2D eigenvalue weighted by molar-refractivity contribution is 7.98. The van der Waals surface area contributed by atoms with E-state index < -0.39 is 17.8 Å². The number of hydrogen-bond donors (Lipinski definition) is 2. The zero-order chi connectivity index (χ0) is 16.8. The first-order valence-electron chi connectivity index (χ1n) is 6.95. The third-order valence-electron chi connectivity index (χ3n) is 3.18. The van der Waals surface area contributed by atoms with E-state index in [1.54, 1.807) is 18.7 Å². The summed E-state index contributed by atoms with van der Waals surface area (Å²) in [6.45, 7) is 1.80. The lowest BCUT2D eigenvalue weighted by Gasteiger charge is -2.17. The molecule has 3 N–H and O–H groups in total. The molecule has 0 saturated carbocycles. The molecular formula is C15H22ClF3N2OS. The van der Waals surface area contributed by atoms with Crippen LogP contribution >= 0.6 is 24.2 Å². The molecule has 1 aromatic carbocycles. The number of carbonyl (C=O) groups is 1. The Labute approximate surface area is 145 Å². The van der Waals surface area contributed by atoms with Gasteiger partial charge in [0.2, 0.25) is 5.91 Å². The Hall–Kier alpha value is -0.920. The Kier molecular flexibility index (Phi) is 9.65. The van der Waals surface area contributed by atoms with Gasteiger partial charge in [0.15, 0.2) is 0 Å². The molecule has 132 valence electrons. The number of nitrogens with one attached hydrogen (secondary N) is 1. The van der Waals surface area contributed by atoms with Crippen molar-refractivity contribution >= 4 is 30.1 Å². The van der Waals surface area contributed by atoms with Crippen molar-refractivity contribution < 1.29 is 18.0 Å². The second-order valence-electron chi connectivity index (χ2n) is 5.20. The van der Waals surface area contributed by atoms with E-state index >= 15 is 0 Å². The molecule has 0 saturated heterocycles. The predicted octanol–water partition coefficient (Wildman–Crippen LogP) is 3.25. The molecule has 3 nitrogen and oxygen atoms in total. The van der Waals surface area contributed by atoms with Gasteiger partial charge in [0.05, 0.1) is 11.6 Å². The number of halogens is 4. The second kappa shape index (κ2) is 10.1. The molecule has 0 heterocycles. The molecule has 0 spiro atoms. The Morgan fingerprint density at radius 2 is 1.87 bits per heavy atom. The van der Waals surface area contributed by atoms with E-state index in [0.29, 0.717) is 12.8 Å². The van der Waals surface area contributed by atoms with Gasteiger partial charge in [-0.1, -0.05) is 12.1 Å². The molecule has 0 fully saturated rings. The summed E-state index contributed by atoms with van der Waals surface area (Å²) >= 11 is 1.62. The minimum Gasteiger partial charge on any atom is -0.352 e. The topological polar surface area (TPSA) is 55.1 Å². The number of alkyl halides is 3. The summed E-state index contributed by atoms with van der Waals surface area (Å²) in [4.78, 5) is 11.8. The Morgan fingerprint density at radius 3 is 2.35 bits per heavy atom. The van der Waals surface area contributed by atoms with E-state index in [4.69, 9.17) is 5.73 Å². The first kappa shape index (κ1) is 22.1. The van der Waals surface area contributed by atoms with Crippen LogP contribution in [0.3, 0.4) is 0 Å². The lowest BCUT2D eigenvalue weighted by molar-refractivity contribution is -0.137. The fourth-order valence-electron chi connectivity index (χ4n) is 1.96. The summed E-state index contributed by atoms with van der Waals surface area (Å²) in [6, 6.07) is 4.22. The summed E-state index contributed by atoms with van der Waals surface area (Å²) < 4.78 is 37.4. The van der Waals surface area contributed by atoms with Crippen LogP contribution in [0.1, 0.15) is 24.5 Å². The third-order valence-corrected chi connectivity index (χ3v) is 3.83. The van der Waals surface area contributed by atoms with Gasteiger partial charge < -0.3 is 11.1 Å². The smallest absolute Gasteiger partial charge is 0.352 e. The standard InChI is InChI=1S/C15H21F3N2OS.ClH/c1-10(20-14(21)13(19)7-8-22-2)9-11-3-5-12(6-4-11)15(16,17)18;/h3-6,10,13H,7-9,19H2,1-2H3,(H,20,21);1H/t10?,13-;/m0./s1. The summed E-state index contributed by atoms with van der Waals surface area (Å²) in [7, 11) is 0. The van der Waals surface area contributed by atoms with Gasteiger partial charge in [0, 0.05) is 6.04 Å². The number of rotatable bonds is 7. The molecule has 2 atom stereocenters. The number of nitrogens with two attached hydrogens (primary N) is 1.